The van der Waals surface area contributed by atoms with Gasteiger partial charge in [0.05, 0.1) is 13.2 Å². The van der Waals surface area contributed by atoms with E-state index >= 15 is 0 Å². The van der Waals surface area contributed by atoms with Crippen molar-refractivity contribution in [2.45, 2.75) is 32.2 Å². The zero-order chi connectivity index (χ0) is 16.9. The number of hydrogen-bond acceptors (Lipinski definition) is 3. The van der Waals surface area contributed by atoms with Crippen LogP contribution in [0.2, 0.25) is 0 Å². The third-order valence-corrected chi connectivity index (χ3v) is 4.41. The molecule has 0 heterocycles. The van der Waals surface area contributed by atoms with Gasteiger partial charge < -0.3 is 4.74 Å². The first-order valence-electron chi connectivity index (χ1n) is 8.25. The smallest absolute Gasteiger partial charge is 0.292 e. The normalized spacial score (nSPS) is 17.1. The van der Waals surface area contributed by atoms with E-state index in [1.807, 2.05) is 31.2 Å². The van der Waals surface area contributed by atoms with Gasteiger partial charge in [0.2, 0.25) is 0 Å². The van der Waals surface area contributed by atoms with Crippen LogP contribution in [0.3, 0.4) is 0 Å². The molecule has 0 saturated carbocycles. The summed E-state index contributed by atoms with van der Waals surface area (Å²) in [6.07, 6.45) is 3.14. The van der Waals surface area contributed by atoms with Crippen LogP contribution in [0.15, 0.2) is 53.5 Å². The van der Waals surface area contributed by atoms with E-state index in [9.17, 15) is 4.79 Å². The number of nitrogens with one attached hydrogen (secondary N) is 1. The summed E-state index contributed by atoms with van der Waals surface area (Å²) >= 11 is 0. The lowest BCUT2D eigenvalue weighted by Gasteiger charge is -2.23. The molecular weight excluding hydrogens is 300 g/mol. The second kappa shape index (κ2) is 7.30. The first-order valence-corrected chi connectivity index (χ1v) is 8.25. The fourth-order valence-corrected chi connectivity index (χ4v) is 3.13. The van der Waals surface area contributed by atoms with Crippen LogP contribution in [-0.4, -0.2) is 19.0 Å². The van der Waals surface area contributed by atoms with Crippen molar-refractivity contribution >= 4 is 11.9 Å². The molecule has 1 atom stereocenters. The van der Waals surface area contributed by atoms with E-state index in [1.165, 1.54) is 18.2 Å². The molecule has 0 spiro atoms. The molecule has 0 bridgehead atoms. The van der Waals surface area contributed by atoms with Gasteiger partial charge in [-0.3, -0.25) is 10.1 Å². The van der Waals surface area contributed by atoms with E-state index < -0.39 is 0 Å². The van der Waals surface area contributed by atoms with Gasteiger partial charge in [-0.1, -0.05) is 42.5 Å². The molecule has 0 radical (unpaired) electrons. The van der Waals surface area contributed by atoms with Crippen LogP contribution in [0.5, 0.6) is 0 Å². The predicted octanol–water partition coefficient (Wildman–Crippen LogP) is 3.80. The highest BCUT2D eigenvalue weighted by Gasteiger charge is 2.21. The summed E-state index contributed by atoms with van der Waals surface area (Å²) in [5.41, 5.74) is 4.11. The van der Waals surface area contributed by atoms with Crippen molar-refractivity contribution in [1.29, 1.82) is 0 Å². The second-order valence-corrected chi connectivity index (χ2v) is 6.01. The number of carbonyl (C=O) groups is 1. The van der Waals surface area contributed by atoms with Crippen LogP contribution in [0.4, 0.5) is 0 Å². The van der Waals surface area contributed by atoms with E-state index in [0.717, 1.165) is 24.8 Å². The molecule has 4 heteroatoms. The molecule has 1 aliphatic rings. The lowest BCUT2D eigenvalue weighted by Crippen LogP contribution is -2.33. The van der Waals surface area contributed by atoms with Crippen molar-refractivity contribution < 1.29 is 9.53 Å². The lowest BCUT2D eigenvalue weighted by molar-refractivity contribution is 0.0967. The minimum atomic E-state index is -0.196. The highest BCUT2D eigenvalue weighted by atomic mass is 16.5. The summed E-state index contributed by atoms with van der Waals surface area (Å²) in [7, 11) is 1.53. The number of amides is 1. The average molecular weight is 322 g/mol. The van der Waals surface area contributed by atoms with Gasteiger partial charge in [0.15, 0.2) is 0 Å². The highest BCUT2D eigenvalue weighted by molar-refractivity contribution is 6.04. The Morgan fingerprint density at radius 1 is 1.17 bits per heavy atom. The average Bonchev–Trinajstić information content (AvgIpc) is 2.61. The molecule has 0 fully saturated rings. The molecule has 2 aromatic carbocycles. The van der Waals surface area contributed by atoms with Crippen LogP contribution in [0.25, 0.3) is 0 Å². The zero-order valence-electron chi connectivity index (χ0n) is 14.1. The van der Waals surface area contributed by atoms with Crippen molar-refractivity contribution in [3.8, 4) is 0 Å². The topological polar surface area (TPSA) is 50.7 Å². The number of aliphatic imine (C=N–C) groups is 1. The molecule has 2 aromatic rings. The van der Waals surface area contributed by atoms with Gasteiger partial charge >= 0.3 is 0 Å². The Balaban J connectivity index is 1.81. The predicted molar refractivity (Wildman–Crippen MR) is 95.2 cm³/mol. The van der Waals surface area contributed by atoms with E-state index in [0.29, 0.717) is 5.56 Å². The molecular formula is C20H22N2O2. The number of nitrogens with zero attached hydrogens (tertiary/aromatic N) is 1. The van der Waals surface area contributed by atoms with Crippen LogP contribution in [-0.2, 0) is 11.2 Å². The molecule has 0 aromatic heterocycles. The summed E-state index contributed by atoms with van der Waals surface area (Å²) in [5, 5.41) is 2.79. The van der Waals surface area contributed by atoms with Crippen molar-refractivity contribution in [3.05, 3.63) is 70.8 Å². The Hall–Kier alpha value is -2.62. The first-order chi connectivity index (χ1) is 11.7. The molecule has 124 valence electrons. The lowest BCUT2D eigenvalue weighted by atomic mass is 9.88. The molecule has 1 amide bonds. The van der Waals surface area contributed by atoms with Crippen molar-refractivity contribution in [1.82, 2.24) is 5.32 Å². The quantitative estimate of drug-likeness (QED) is 0.675. The van der Waals surface area contributed by atoms with E-state index in [1.54, 1.807) is 6.07 Å². The van der Waals surface area contributed by atoms with Gasteiger partial charge in [0.1, 0.15) is 0 Å². The molecule has 3 rings (SSSR count). The van der Waals surface area contributed by atoms with E-state index in [4.69, 9.17) is 4.74 Å². The number of fused-ring (bicyclic) bond motifs is 1. The van der Waals surface area contributed by atoms with Crippen LogP contribution in [0.1, 0.15) is 45.9 Å². The Kier molecular flexibility index (Phi) is 4.94. The maximum atomic E-state index is 12.5. The van der Waals surface area contributed by atoms with Gasteiger partial charge in [0.25, 0.3) is 11.9 Å². The summed E-state index contributed by atoms with van der Waals surface area (Å²) in [5.74, 6) is -0.196. The minimum Gasteiger partial charge on any atom is -0.468 e. The van der Waals surface area contributed by atoms with Gasteiger partial charge in [-0.2, -0.15) is 0 Å². The monoisotopic (exact) mass is 322 g/mol. The Bertz CT molecular complexity index is 768. The third-order valence-electron chi connectivity index (χ3n) is 4.41. The Morgan fingerprint density at radius 3 is 2.71 bits per heavy atom. The second-order valence-electron chi connectivity index (χ2n) is 6.01. The molecule has 1 aliphatic carbocycles. The fraction of sp³-hybridized carbons (Fsp3) is 0.300. The van der Waals surface area contributed by atoms with E-state index in [2.05, 4.69) is 28.5 Å². The molecule has 0 saturated heterocycles. The van der Waals surface area contributed by atoms with Crippen LogP contribution in [0, 0.1) is 6.92 Å². The first kappa shape index (κ1) is 16.2. The third kappa shape index (κ3) is 3.48. The van der Waals surface area contributed by atoms with Crippen molar-refractivity contribution in [2.75, 3.05) is 7.11 Å². The minimum absolute atomic E-state index is 0.0297. The molecule has 0 aliphatic heterocycles. The fourth-order valence-electron chi connectivity index (χ4n) is 3.13. The number of benzene rings is 2. The standard InChI is InChI=1S/C20H22N2O2/c1-14-8-3-5-11-16(14)19(23)22-20(24-2)21-18-13-7-10-15-9-4-6-12-17(15)18/h3-6,8-9,11-12,18H,7,10,13H2,1-2H3,(H,21,22,23)/t18-/m1/s1. The van der Waals surface area contributed by atoms with Gasteiger partial charge in [-0.25, -0.2) is 4.99 Å². The number of amidine groups is 1. The summed E-state index contributed by atoms with van der Waals surface area (Å²) in [4.78, 5) is 17.1. The Morgan fingerprint density at radius 2 is 1.92 bits per heavy atom. The van der Waals surface area contributed by atoms with Gasteiger partial charge in [-0.05, 0) is 48.9 Å². The van der Waals surface area contributed by atoms with Crippen molar-refractivity contribution in [2.24, 2.45) is 4.99 Å². The molecule has 4 nitrogen and oxygen atoms in total. The molecule has 1 N–H and O–H groups in total. The van der Waals surface area contributed by atoms with Gasteiger partial charge in [0, 0.05) is 5.56 Å². The number of ether oxygens (including phenoxy) is 1. The molecule has 24 heavy (non-hydrogen) atoms. The highest BCUT2D eigenvalue weighted by Crippen LogP contribution is 2.32. The Labute approximate surface area is 142 Å². The number of aryl methyl sites for hydroxylation is 2. The summed E-state index contributed by atoms with van der Waals surface area (Å²) in [6.45, 7) is 1.91. The van der Waals surface area contributed by atoms with Crippen molar-refractivity contribution in [3.63, 3.8) is 0 Å². The maximum Gasteiger partial charge on any atom is 0.292 e. The summed E-state index contributed by atoms with van der Waals surface area (Å²) in [6, 6.07) is 16.1. The number of methoxy groups -OCH3 is 1. The number of hydrogen-bond donors (Lipinski definition) is 1. The van der Waals surface area contributed by atoms with Crippen LogP contribution < -0.4 is 5.32 Å². The summed E-state index contributed by atoms with van der Waals surface area (Å²) < 4.78 is 5.32. The van der Waals surface area contributed by atoms with Gasteiger partial charge in [-0.15, -0.1) is 0 Å². The maximum absolute atomic E-state index is 12.5. The SMILES string of the molecule is COC(=N[C@@H]1CCCc2ccccc21)NC(=O)c1ccccc1C. The largest absolute Gasteiger partial charge is 0.468 e. The number of carbonyl (C=O) groups excluding carboxylic acids is 1. The number of rotatable bonds is 2. The van der Waals surface area contributed by atoms with Crippen LogP contribution >= 0.6 is 0 Å². The molecule has 0 unspecified atom stereocenters. The van der Waals surface area contributed by atoms with E-state index in [-0.39, 0.29) is 18.0 Å². The zero-order valence-corrected chi connectivity index (χ0v) is 14.1.